The summed E-state index contributed by atoms with van der Waals surface area (Å²) in [5, 5.41) is 3.31. The molecule has 0 saturated heterocycles. The molecule has 0 unspecified atom stereocenters. The molecule has 6 heteroatoms. The van der Waals surface area contributed by atoms with Gasteiger partial charge in [-0.15, -0.1) is 0 Å². The number of hydrogen-bond acceptors (Lipinski definition) is 4. The molecule has 36 heavy (non-hydrogen) atoms. The average molecular weight is 484 g/mol. The molecule has 2 heterocycles. The summed E-state index contributed by atoms with van der Waals surface area (Å²) < 4.78 is 14.0. The van der Waals surface area contributed by atoms with E-state index in [1.54, 1.807) is 12.3 Å². The van der Waals surface area contributed by atoms with Gasteiger partial charge in [0.25, 0.3) is 0 Å². The van der Waals surface area contributed by atoms with Gasteiger partial charge >= 0.3 is 0 Å². The molecular weight excluding hydrogens is 449 g/mol. The summed E-state index contributed by atoms with van der Waals surface area (Å²) in [6.45, 7) is 18.3. The first-order valence-electron chi connectivity index (χ1n) is 11.8. The van der Waals surface area contributed by atoms with E-state index >= 15 is 0 Å². The largest absolute Gasteiger partial charge is 0.388 e. The summed E-state index contributed by atoms with van der Waals surface area (Å²) in [6.07, 6.45) is 9.17. The lowest BCUT2D eigenvalue weighted by molar-refractivity contribution is 0.581. The SMILES string of the molecule is C=CN=C(c1cccc(F)c1)c1nc(C(C)(C)C(=C/C(=C)c2cnccc2C)/C(=C\C)NC)[nH]c1C. The van der Waals surface area contributed by atoms with Crippen LogP contribution in [0.25, 0.3) is 5.57 Å². The first-order chi connectivity index (χ1) is 17.1. The molecule has 0 bridgehead atoms. The smallest absolute Gasteiger partial charge is 0.123 e. The van der Waals surface area contributed by atoms with Crippen molar-refractivity contribution in [3.63, 3.8) is 0 Å². The van der Waals surface area contributed by atoms with Crippen LogP contribution in [0, 0.1) is 19.7 Å². The number of allylic oxidation sites excluding steroid dienone is 4. The number of H-pyrrole nitrogens is 1. The molecule has 0 atom stereocenters. The Morgan fingerprint density at radius 3 is 2.58 bits per heavy atom. The van der Waals surface area contributed by atoms with Crippen molar-refractivity contribution in [1.82, 2.24) is 20.3 Å². The number of aromatic amines is 1. The van der Waals surface area contributed by atoms with Crippen molar-refractivity contribution >= 4 is 11.3 Å². The zero-order valence-electron chi connectivity index (χ0n) is 21.9. The summed E-state index contributed by atoms with van der Waals surface area (Å²) in [5.74, 6) is 0.416. The third-order valence-electron chi connectivity index (χ3n) is 6.24. The van der Waals surface area contributed by atoms with Crippen LogP contribution in [0.15, 0.2) is 90.5 Å². The van der Waals surface area contributed by atoms with Crippen molar-refractivity contribution in [1.29, 1.82) is 0 Å². The number of aryl methyl sites for hydroxylation is 2. The number of rotatable bonds is 9. The summed E-state index contributed by atoms with van der Waals surface area (Å²) in [4.78, 5) is 17.2. The van der Waals surface area contributed by atoms with Gasteiger partial charge in [0.05, 0.1) is 5.71 Å². The average Bonchev–Trinajstić information content (AvgIpc) is 3.24. The first kappa shape index (κ1) is 26.5. The topological polar surface area (TPSA) is 66.0 Å². The second kappa shape index (κ2) is 11.1. The monoisotopic (exact) mass is 483 g/mol. The van der Waals surface area contributed by atoms with Gasteiger partial charge in [0, 0.05) is 53.6 Å². The van der Waals surface area contributed by atoms with Gasteiger partial charge in [0.15, 0.2) is 0 Å². The van der Waals surface area contributed by atoms with E-state index < -0.39 is 5.41 Å². The van der Waals surface area contributed by atoms with Crippen LogP contribution < -0.4 is 5.32 Å². The molecule has 2 N–H and O–H groups in total. The number of benzene rings is 1. The molecule has 5 nitrogen and oxygen atoms in total. The predicted molar refractivity (Wildman–Crippen MR) is 147 cm³/mol. The minimum Gasteiger partial charge on any atom is -0.388 e. The van der Waals surface area contributed by atoms with Gasteiger partial charge < -0.3 is 10.3 Å². The fraction of sp³-hybridized carbons (Fsp3) is 0.233. The van der Waals surface area contributed by atoms with Crippen LogP contribution in [0.3, 0.4) is 0 Å². The Morgan fingerprint density at radius 1 is 1.22 bits per heavy atom. The molecule has 0 aliphatic heterocycles. The number of nitrogens with zero attached hydrogens (tertiary/aromatic N) is 3. The quantitative estimate of drug-likeness (QED) is 0.267. The predicted octanol–water partition coefficient (Wildman–Crippen LogP) is 6.58. The van der Waals surface area contributed by atoms with Crippen molar-refractivity contribution < 1.29 is 4.39 Å². The lowest BCUT2D eigenvalue weighted by Gasteiger charge is -2.28. The van der Waals surface area contributed by atoms with Crippen molar-refractivity contribution in [2.45, 2.75) is 40.0 Å². The summed E-state index contributed by atoms with van der Waals surface area (Å²) >= 11 is 0. The lowest BCUT2D eigenvalue weighted by atomic mass is 9.79. The highest BCUT2D eigenvalue weighted by atomic mass is 19.1. The van der Waals surface area contributed by atoms with E-state index in [2.05, 4.69) is 53.4 Å². The van der Waals surface area contributed by atoms with Gasteiger partial charge in [0.2, 0.25) is 0 Å². The van der Waals surface area contributed by atoms with Crippen LogP contribution in [0.4, 0.5) is 4.39 Å². The van der Waals surface area contributed by atoms with E-state index in [4.69, 9.17) is 4.98 Å². The maximum atomic E-state index is 14.0. The van der Waals surface area contributed by atoms with E-state index in [1.165, 1.54) is 18.3 Å². The zero-order chi connectivity index (χ0) is 26.5. The van der Waals surface area contributed by atoms with Crippen LogP contribution in [0.1, 0.15) is 54.7 Å². The van der Waals surface area contributed by atoms with Crippen molar-refractivity contribution in [3.05, 3.63) is 125 Å². The van der Waals surface area contributed by atoms with Crippen LogP contribution in [-0.4, -0.2) is 27.7 Å². The van der Waals surface area contributed by atoms with E-state index in [-0.39, 0.29) is 5.82 Å². The third-order valence-corrected chi connectivity index (χ3v) is 6.24. The molecule has 186 valence electrons. The second-order valence-corrected chi connectivity index (χ2v) is 9.08. The zero-order valence-corrected chi connectivity index (χ0v) is 21.9. The standard InChI is InChI=1S/C30H34FN5/c1-9-26(32-8)25(16-20(4)24-18-33-15-14-19(24)3)30(6,7)29-35-21(5)27(36-29)28(34-10-2)22-12-11-13-23(31)17-22/h9-18,32H,2,4H2,1,3,5-8H3,(H,35,36)/b25-16+,26-9+,34-28?. The molecular formula is C30H34FN5. The second-order valence-electron chi connectivity index (χ2n) is 9.08. The molecule has 0 saturated carbocycles. The van der Waals surface area contributed by atoms with Crippen molar-refractivity contribution in [2.24, 2.45) is 4.99 Å². The number of pyridine rings is 1. The number of imidazole rings is 1. The highest BCUT2D eigenvalue weighted by Crippen LogP contribution is 2.36. The number of aromatic nitrogens is 3. The highest BCUT2D eigenvalue weighted by molar-refractivity contribution is 6.12. The molecule has 2 aromatic heterocycles. The van der Waals surface area contributed by atoms with Gasteiger partial charge in [-0.05, 0) is 75.6 Å². The molecule has 0 fully saturated rings. The summed E-state index contributed by atoms with van der Waals surface area (Å²) in [6, 6.07) is 8.31. The fourth-order valence-corrected chi connectivity index (χ4v) is 4.20. The number of aliphatic imine (C=N–C) groups is 1. The van der Waals surface area contributed by atoms with Gasteiger partial charge in [-0.1, -0.05) is 31.4 Å². The molecule has 0 radical (unpaired) electrons. The summed E-state index contributed by atoms with van der Waals surface area (Å²) in [5.41, 5.74) is 7.04. The first-order valence-corrected chi connectivity index (χ1v) is 11.8. The molecule has 0 amide bonds. The maximum Gasteiger partial charge on any atom is 0.123 e. The molecule has 1 aromatic carbocycles. The van der Waals surface area contributed by atoms with Gasteiger partial charge in [-0.25, -0.2) is 9.37 Å². The lowest BCUT2D eigenvalue weighted by Crippen LogP contribution is -2.27. The van der Waals surface area contributed by atoms with Crippen LogP contribution in [-0.2, 0) is 5.41 Å². The molecule has 0 spiro atoms. The fourth-order valence-electron chi connectivity index (χ4n) is 4.20. The Balaban J connectivity index is 2.15. The maximum absolute atomic E-state index is 14.0. The van der Waals surface area contributed by atoms with E-state index in [0.717, 1.165) is 39.5 Å². The Kier molecular flexibility index (Phi) is 8.20. The van der Waals surface area contributed by atoms with Crippen molar-refractivity contribution in [2.75, 3.05) is 7.05 Å². The van der Waals surface area contributed by atoms with Crippen LogP contribution >= 0.6 is 0 Å². The van der Waals surface area contributed by atoms with E-state index in [1.807, 2.05) is 52.2 Å². The van der Waals surface area contributed by atoms with Gasteiger partial charge in [-0.2, -0.15) is 0 Å². The van der Waals surface area contributed by atoms with Crippen molar-refractivity contribution in [3.8, 4) is 0 Å². The molecule has 0 aliphatic carbocycles. The Labute approximate surface area is 213 Å². The Hall–Kier alpha value is -4.06. The van der Waals surface area contributed by atoms with Crippen LogP contribution in [0.2, 0.25) is 0 Å². The highest BCUT2D eigenvalue weighted by Gasteiger charge is 2.32. The molecule has 0 aliphatic rings. The van der Waals surface area contributed by atoms with E-state index in [0.29, 0.717) is 17.0 Å². The number of hydrogen-bond donors (Lipinski definition) is 2. The van der Waals surface area contributed by atoms with Gasteiger partial charge in [-0.3, -0.25) is 9.98 Å². The van der Waals surface area contributed by atoms with E-state index in [9.17, 15) is 4.39 Å². The number of nitrogens with one attached hydrogen (secondary N) is 2. The van der Waals surface area contributed by atoms with Crippen LogP contribution in [0.5, 0.6) is 0 Å². The Morgan fingerprint density at radius 2 is 1.97 bits per heavy atom. The number of likely N-dealkylation sites (N-methyl/N-ethyl adjacent to an activating group) is 1. The third kappa shape index (κ3) is 5.43. The summed E-state index contributed by atoms with van der Waals surface area (Å²) in [7, 11) is 1.90. The number of halogens is 1. The Bertz CT molecular complexity index is 1370. The molecule has 3 rings (SSSR count). The molecule has 3 aromatic rings. The normalized spacial score (nSPS) is 13.0. The van der Waals surface area contributed by atoms with Gasteiger partial charge in [0.1, 0.15) is 17.3 Å². The minimum absolute atomic E-state index is 0.334. The minimum atomic E-state index is -0.547.